The average Bonchev–Trinajstić information content (AvgIpc) is 2.69. The lowest BCUT2D eigenvalue weighted by Gasteiger charge is -2.38. The van der Waals surface area contributed by atoms with Crippen LogP contribution in [0.25, 0.3) is 0 Å². The molecule has 0 amide bonds. The summed E-state index contributed by atoms with van der Waals surface area (Å²) in [6, 6.07) is 8.80. The molecule has 1 aromatic carbocycles. The second kappa shape index (κ2) is 8.44. The van der Waals surface area contributed by atoms with Crippen LogP contribution in [0.2, 0.25) is 0 Å². The second-order valence-corrected chi connectivity index (χ2v) is 5.93. The van der Waals surface area contributed by atoms with Gasteiger partial charge in [0.25, 0.3) is 5.88 Å². The predicted molar refractivity (Wildman–Crippen MR) is 87.7 cm³/mol. The molecule has 0 radical (unpaired) electrons. The molecule has 1 fully saturated rings. The number of hydrogen-bond donors (Lipinski definition) is 4. The lowest BCUT2D eigenvalue weighted by molar-refractivity contribution is -0.272. The third-order valence-electron chi connectivity index (χ3n) is 3.94. The van der Waals surface area contributed by atoms with Gasteiger partial charge in [0.15, 0.2) is 6.10 Å². The van der Waals surface area contributed by atoms with Crippen LogP contribution >= 0.6 is 0 Å². The zero-order valence-corrected chi connectivity index (χ0v) is 14.3. The smallest absolute Gasteiger partial charge is 0.335 e. The first kappa shape index (κ1) is 19.9. The van der Waals surface area contributed by atoms with Gasteiger partial charge in [0, 0.05) is 0 Å². The van der Waals surface area contributed by atoms with Crippen LogP contribution in [0, 0.1) is 5.82 Å². The number of aliphatic hydroxyl groups is 3. The van der Waals surface area contributed by atoms with E-state index >= 15 is 0 Å². The summed E-state index contributed by atoms with van der Waals surface area (Å²) in [5, 5.41) is 38.4. The highest BCUT2D eigenvalue weighted by atomic mass is 19.1. The van der Waals surface area contributed by atoms with Crippen LogP contribution in [-0.2, 0) is 16.1 Å². The fraction of sp³-hybridized carbons (Fsp3) is 0.353. The molecular formula is C17H17FN2O8. The van der Waals surface area contributed by atoms with Crippen molar-refractivity contribution in [2.45, 2.75) is 37.3 Å². The Balaban J connectivity index is 1.73. The molecule has 4 N–H and O–H groups in total. The molecule has 10 nitrogen and oxygen atoms in total. The van der Waals surface area contributed by atoms with Crippen molar-refractivity contribution in [1.82, 2.24) is 9.97 Å². The van der Waals surface area contributed by atoms with Gasteiger partial charge in [-0.3, -0.25) is 0 Å². The van der Waals surface area contributed by atoms with E-state index in [1.807, 2.05) is 6.07 Å². The molecular weight excluding hydrogens is 379 g/mol. The molecule has 0 bridgehead atoms. The highest BCUT2D eigenvalue weighted by molar-refractivity contribution is 5.73. The van der Waals surface area contributed by atoms with Gasteiger partial charge >= 0.3 is 12.0 Å². The maximum absolute atomic E-state index is 14.0. The third kappa shape index (κ3) is 4.34. The van der Waals surface area contributed by atoms with E-state index in [9.17, 15) is 24.5 Å². The minimum Gasteiger partial charge on any atom is -0.479 e. The molecule has 28 heavy (non-hydrogen) atoms. The van der Waals surface area contributed by atoms with E-state index in [0.717, 1.165) is 11.8 Å². The standard InChI is InChI=1S/C17H17FN2O8/c18-9-6-19-17(26-7-8-4-2-1-3-5-8)20-14(9)28-16-12(23)10(21)11(22)13(27-16)15(24)25/h1-6,10-13,16,21-23H,7H2,(H,24,25)/t10-,11+,12+,13-,16-/m0/s1. The maximum atomic E-state index is 14.0. The summed E-state index contributed by atoms with van der Waals surface area (Å²) < 4.78 is 29.3. The summed E-state index contributed by atoms with van der Waals surface area (Å²) in [6.45, 7) is 0.0977. The van der Waals surface area contributed by atoms with Gasteiger partial charge in [0.05, 0.1) is 6.20 Å². The summed E-state index contributed by atoms with van der Waals surface area (Å²) in [5.74, 6) is -3.31. The van der Waals surface area contributed by atoms with Gasteiger partial charge in [0.2, 0.25) is 12.1 Å². The molecule has 3 rings (SSSR count). The minimum atomic E-state index is -1.90. The third-order valence-corrected chi connectivity index (χ3v) is 3.94. The van der Waals surface area contributed by atoms with Crippen molar-refractivity contribution in [3.63, 3.8) is 0 Å². The van der Waals surface area contributed by atoms with Crippen LogP contribution in [0.4, 0.5) is 4.39 Å². The van der Waals surface area contributed by atoms with Crippen molar-refractivity contribution >= 4 is 5.97 Å². The fourth-order valence-corrected chi connectivity index (χ4v) is 2.47. The Morgan fingerprint density at radius 1 is 1.14 bits per heavy atom. The zero-order valence-electron chi connectivity index (χ0n) is 14.3. The SMILES string of the molecule is O=C(O)[C@H]1O[C@@H](Oc2nc(OCc3ccccc3)ncc2F)[C@H](O)[C@@H](O)[C@H]1O. The van der Waals surface area contributed by atoms with Crippen molar-refractivity contribution in [3.05, 3.63) is 47.9 Å². The maximum Gasteiger partial charge on any atom is 0.335 e. The van der Waals surface area contributed by atoms with Crippen molar-refractivity contribution in [1.29, 1.82) is 0 Å². The lowest BCUT2D eigenvalue weighted by atomic mass is 9.99. The van der Waals surface area contributed by atoms with Gasteiger partial charge in [-0.05, 0) is 5.56 Å². The molecule has 0 unspecified atom stereocenters. The number of ether oxygens (including phenoxy) is 3. The number of aliphatic hydroxyl groups excluding tert-OH is 3. The van der Waals surface area contributed by atoms with Gasteiger partial charge < -0.3 is 34.6 Å². The van der Waals surface area contributed by atoms with Crippen LogP contribution in [0.15, 0.2) is 36.5 Å². The van der Waals surface area contributed by atoms with Crippen LogP contribution in [-0.4, -0.2) is 67.1 Å². The highest BCUT2D eigenvalue weighted by Crippen LogP contribution is 2.25. The molecule has 2 aromatic rings. The largest absolute Gasteiger partial charge is 0.479 e. The molecule has 0 aliphatic carbocycles. The first-order chi connectivity index (χ1) is 13.4. The quantitative estimate of drug-likeness (QED) is 0.501. The fourth-order valence-electron chi connectivity index (χ4n) is 2.47. The van der Waals surface area contributed by atoms with Gasteiger partial charge in [-0.25, -0.2) is 9.78 Å². The Hall–Kier alpha value is -2.86. The molecule has 150 valence electrons. The van der Waals surface area contributed by atoms with E-state index < -0.39 is 48.4 Å². The minimum absolute atomic E-state index is 0.0977. The number of halogens is 1. The van der Waals surface area contributed by atoms with Crippen molar-refractivity contribution in [2.24, 2.45) is 0 Å². The Bertz CT molecular complexity index is 824. The summed E-state index contributed by atoms with van der Waals surface area (Å²) >= 11 is 0. The number of benzene rings is 1. The number of nitrogens with zero attached hydrogens (tertiary/aromatic N) is 2. The lowest BCUT2D eigenvalue weighted by Crippen LogP contribution is -2.61. The van der Waals surface area contributed by atoms with Crippen molar-refractivity contribution in [2.75, 3.05) is 0 Å². The molecule has 0 spiro atoms. The van der Waals surface area contributed by atoms with E-state index in [-0.39, 0.29) is 12.6 Å². The first-order valence-corrected chi connectivity index (χ1v) is 8.15. The second-order valence-electron chi connectivity index (χ2n) is 5.93. The molecule has 11 heteroatoms. The average molecular weight is 396 g/mol. The summed E-state index contributed by atoms with van der Waals surface area (Å²) in [7, 11) is 0. The summed E-state index contributed by atoms with van der Waals surface area (Å²) in [5.41, 5.74) is 0.810. The molecule has 1 aromatic heterocycles. The topological polar surface area (TPSA) is 151 Å². The van der Waals surface area contributed by atoms with Crippen molar-refractivity contribution in [3.8, 4) is 11.9 Å². The predicted octanol–water partition coefficient (Wildman–Crippen LogP) is -0.534. The summed E-state index contributed by atoms with van der Waals surface area (Å²) in [6.07, 6.45) is -8.56. The van der Waals surface area contributed by atoms with Gasteiger partial charge in [-0.1, -0.05) is 30.3 Å². The molecule has 2 heterocycles. The number of hydrogen-bond acceptors (Lipinski definition) is 9. The number of aromatic nitrogens is 2. The van der Waals surface area contributed by atoms with E-state index in [1.54, 1.807) is 24.3 Å². The van der Waals surface area contributed by atoms with E-state index in [2.05, 4.69) is 9.97 Å². The van der Waals surface area contributed by atoms with Crippen LogP contribution in [0.1, 0.15) is 5.56 Å². The Labute approximate surface area is 157 Å². The number of carboxylic acids is 1. The summed E-state index contributed by atoms with van der Waals surface area (Å²) in [4.78, 5) is 18.5. The Kier molecular flexibility index (Phi) is 5.99. The highest BCUT2D eigenvalue weighted by Gasteiger charge is 2.48. The Morgan fingerprint density at radius 3 is 2.54 bits per heavy atom. The van der Waals surface area contributed by atoms with Crippen LogP contribution in [0.5, 0.6) is 11.9 Å². The normalized spacial score (nSPS) is 27.2. The molecule has 1 saturated heterocycles. The van der Waals surface area contributed by atoms with Crippen LogP contribution < -0.4 is 9.47 Å². The number of aliphatic carboxylic acids is 1. The molecule has 1 aliphatic heterocycles. The van der Waals surface area contributed by atoms with E-state index in [1.165, 1.54) is 0 Å². The molecule has 5 atom stereocenters. The Morgan fingerprint density at radius 2 is 1.86 bits per heavy atom. The zero-order chi connectivity index (χ0) is 20.3. The number of carboxylic acid groups (broad SMARTS) is 1. The van der Waals surface area contributed by atoms with E-state index in [4.69, 9.17) is 19.3 Å². The first-order valence-electron chi connectivity index (χ1n) is 8.15. The van der Waals surface area contributed by atoms with Crippen LogP contribution in [0.3, 0.4) is 0 Å². The van der Waals surface area contributed by atoms with E-state index in [0.29, 0.717) is 0 Å². The van der Waals surface area contributed by atoms with Crippen molar-refractivity contribution < 1.29 is 43.8 Å². The van der Waals surface area contributed by atoms with Gasteiger partial charge in [-0.2, -0.15) is 9.37 Å². The van der Waals surface area contributed by atoms with Gasteiger partial charge in [-0.15, -0.1) is 0 Å². The molecule has 1 aliphatic rings. The van der Waals surface area contributed by atoms with Gasteiger partial charge in [0.1, 0.15) is 24.9 Å². The number of rotatable bonds is 6. The number of carbonyl (C=O) groups is 1. The molecule has 0 saturated carbocycles. The monoisotopic (exact) mass is 396 g/mol.